The summed E-state index contributed by atoms with van der Waals surface area (Å²) in [5.74, 6) is 2.53. The van der Waals surface area contributed by atoms with E-state index >= 15 is 0 Å². The molecule has 4 heterocycles. The van der Waals surface area contributed by atoms with Crippen LogP contribution in [0.1, 0.15) is 25.0 Å². The van der Waals surface area contributed by atoms with E-state index in [4.69, 9.17) is 13.9 Å². The minimum Gasteiger partial charge on any atom is -0.481 e. The van der Waals surface area contributed by atoms with Gasteiger partial charge >= 0.3 is 0 Å². The molecule has 2 aliphatic heterocycles. The van der Waals surface area contributed by atoms with Crippen LogP contribution in [0.4, 0.5) is 5.82 Å². The molecular formula is C19H26N4O3. The van der Waals surface area contributed by atoms with Crippen LogP contribution in [0.3, 0.4) is 0 Å². The van der Waals surface area contributed by atoms with E-state index in [1.165, 1.54) is 0 Å². The van der Waals surface area contributed by atoms with Gasteiger partial charge in [-0.15, -0.1) is 0 Å². The Morgan fingerprint density at radius 1 is 1.35 bits per heavy atom. The second-order valence-electron chi connectivity index (χ2n) is 7.25. The summed E-state index contributed by atoms with van der Waals surface area (Å²) in [5.41, 5.74) is -0.00426. The van der Waals surface area contributed by atoms with Gasteiger partial charge in [-0.3, -0.25) is 4.90 Å². The fourth-order valence-electron chi connectivity index (χ4n) is 3.99. The molecule has 0 N–H and O–H groups in total. The molecule has 2 aromatic rings. The first-order valence-corrected chi connectivity index (χ1v) is 9.15. The lowest BCUT2D eigenvalue weighted by atomic mass is 9.87. The zero-order valence-corrected chi connectivity index (χ0v) is 15.4. The Morgan fingerprint density at radius 3 is 2.92 bits per heavy atom. The van der Waals surface area contributed by atoms with Gasteiger partial charge in [-0.05, 0) is 38.4 Å². The molecule has 26 heavy (non-hydrogen) atoms. The van der Waals surface area contributed by atoms with Gasteiger partial charge in [0.2, 0.25) is 5.88 Å². The molecule has 0 radical (unpaired) electrons. The molecule has 2 saturated heterocycles. The summed E-state index contributed by atoms with van der Waals surface area (Å²) in [4.78, 5) is 13.1. The number of anilines is 1. The van der Waals surface area contributed by atoms with Crippen LogP contribution >= 0.6 is 0 Å². The van der Waals surface area contributed by atoms with Crippen molar-refractivity contribution >= 4 is 5.82 Å². The molecule has 0 amide bonds. The smallest absolute Gasteiger partial charge is 0.218 e. The van der Waals surface area contributed by atoms with Crippen LogP contribution in [0.5, 0.6) is 5.88 Å². The highest BCUT2D eigenvalue weighted by molar-refractivity contribution is 5.41. The Hall–Kier alpha value is -2.12. The van der Waals surface area contributed by atoms with E-state index in [1.54, 1.807) is 19.7 Å². The van der Waals surface area contributed by atoms with E-state index in [9.17, 15) is 0 Å². The number of aromatic nitrogens is 2. The fourth-order valence-corrected chi connectivity index (χ4v) is 3.99. The molecule has 1 spiro atoms. The first-order chi connectivity index (χ1) is 12.7. The molecule has 7 heteroatoms. The molecule has 0 aliphatic carbocycles. The second kappa shape index (κ2) is 7.25. The summed E-state index contributed by atoms with van der Waals surface area (Å²) in [6.45, 7) is 3.49. The number of piperidine rings is 1. The minimum absolute atomic E-state index is 0.00426. The number of furan rings is 1. The quantitative estimate of drug-likeness (QED) is 0.813. The Morgan fingerprint density at radius 2 is 2.19 bits per heavy atom. The van der Waals surface area contributed by atoms with Crippen LogP contribution in [-0.2, 0) is 11.3 Å². The van der Waals surface area contributed by atoms with Crippen LogP contribution in [0.15, 0.2) is 35.2 Å². The minimum atomic E-state index is -0.00426. The summed E-state index contributed by atoms with van der Waals surface area (Å²) in [5, 5.41) is 0. The number of hydrogen-bond acceptors (Lipinski definition) is 7. The molecule has 1 unspecified atom stereocenters. The third-order valence-electron chi connectivity index (χ3n) is 5.63. The lowest BCUT2D eigenvalue weighted by molar-refractivity contribution is -0.0158. The zero-order chi connectivity index (χ0) is 18.0. The maximum Gasteiger partial charge on any atom is 0.218 e. The molecular weight excluding hydrogens is 332 g/mol. The summed E-state index contributed by atoms with van der Waals surface area (Å²) >= 11 is 0. The van der Waals surface area contributed by atoms with Gasteiger partial charge in [0.25, 0.3) is 0 Å². The van der Waals surface area contributed by atoms with Crippen molar-refractivity contribution in [2.45, 2.75) is 37.5 Å². The number of ether oxygens (including phenoxy) is 2. The highest BCUT2D eigenvalue weighted by atomic mass is 16.5. The molecule has 0 aromatic carbocycles. The maximum absolute atomic E-state index is 6.31. The molecule has 7 nitrogen and oxygen atoms in total. The van der Waals surface area contributed by atoms with Gasteiger partial charge in [0.15, 0.2) is 0 Å². The van der Waals surface area contributed by atoms with Gasteiger partial charge in [-0.25, -0.2) is 9.97 Å². The van der Waals surface area contributed by atoms with E-state index in [1.807, 2.05) is 18.2 Å². The zero-order valence-electron chi connectivity index (χ0n) is 15.4. The van der Waals surface area contributed by atoms with Gasteiger partial charge in [0.1, 0.15) is 17.9 Å². The van der Waals surface area contributed by atoms with Crippen molar-refractivity contribution in [3.63, 3.8) is 0 Å². The average molecular weight is 358 g/mol. The molecule has 1 atom stereocenters. The first kappa shape index (κ1) is 17.3. The topological polar surface area (TPSA) is 63.9 Å². The van der Waals surface area contributed by atoms with Crippen LogP contribution in [0, 0.1) is 0 Å². The van der Waals surface area contributed by atoms with E-state index < -0.39 is 0 Å². The largest absolute Gasteiger partial charge is 0.481 e. The molecule has 2 aromatic heterocycles. The van der Waals surface area contributed by atoms with Gasteiger partial charge in [0, 0.05) is 25.2 Å². The van der Waals surface area contributed by atoms with Crippen LogP contribution in [0.25, 0.3) is 0 Å². The molecule has 2 aliphatic rings. The van der Waals surface area contributed by atoms with Crippen LogP contribution < -0.4 is 9.64 Å². The van der Waals surface area contributed by atoms with Crippen molar-refractivity contribution in [3.8, 4) is 5.88 Å². The Bertz CT molecular complexity index is 713. The van der Waals surface area contributed by atoms with Crippen molar-refractivity contribution in [2.24, 2.45) is 0 Å². The first-order valence-electron chi connectivity index (χ1n) is 9.15. The van der Waals surface area contributed by atoms with Crippen molar-refractivity contribution in [3.05, 3.63) is 36.5 Å². The van der Waals surface area contributed by atoms with E-state index in [0.717, 1.165) is 57.1 Å². The summed E-state index contributed by atoms with van der Waals surface area (Å²) in [7, 11) is 3.78. The van der Waals surface area contributed by atoms with Crippen LogP contribution in [-0.4, -0.2) is 60.4 Å². The highest BCUT2D eigenvalue weighted by Crippen LogP contribution is 2.38. The number of nitrogens with zero attached hydrogens (tertiary/aromatic N) is 4. The third kappa shape index (κ3) is 3.54. The normalized spacial score (nSPS) is 22.3. The van der Waals surface area contributed by atoms with Crippen molar-refractivity contribution in [1.82, 2.24) is 14.9 Å². The SMILES string of the molecule is COc1cc(N2CCC3(CC2)CC(N(C)Cc2ccco2)CO3)ncn1. The standard InChI is InChI=1S/C19H26N4O3/c1-22(12-16-4-3-9-25-16)15-11-19(26-13-15)5-7-23(8-6-19)17-10-18(24-2)21-14-20-17/h3-4,9-10,14-15H,5-8,11-13H2,1-2H3. The van der Waals surface area contributed by atoms with Crippen LogP contribution in [0.2, 0.25) is 0 Å². The number of rotatable bonds is 5. The summed E-state index contributed by atoms with van der Waals surface area (Å²) in [6, 6.07) is 6.29. The Kier molecular flexibility index (Phi) is 4.82. The van der Waals surface area contributed by atoms with Crippen molar-refractivity contribution in [2.75, 3.05) is 38.8 Å². The predicted molar refractivity (Wildman–Crippen MR) is 97.3 cm³/mol. The lowest BCUT2D eigenvalue weighted by Crippen LogP contribution is -2.45. The van der Waals surface area contributed by atoms with Crippen molar-refractivity contribution in [1.29, 1.82) is 0 Å². The van der Waals surface area contributed by atoms with E-state index in [0.29, 0.717) is 11.9 Å². The van der Waals surface area contributed by atoms with Crippen molar-refractivity contribution < 1.29 is 13.9 Å². The molecule has 140 valence electrons. The predicted octanol–water partition coefficient (Wildman–Crippen LogP) is 2.34. The van der Waals surface area contributed by atoms with E-state index in [-0.39, 0.29) is 5.60 Å². The number of methoxy groups -OCH3 is 1. The van der Waals surface area contributed by atoms with Gasteiger partial charge < -0.3 is 18.8 Å². The molecule has 4 rings (SSSR count). The Labute approximate surface area is 153 Å². The maximum atomic E-state index is 6.31. The molecule has 2 fully saturated rings. The second-order valence-corrected chi connectivity index (χ2v) is 7.25. The van der Waals surface area contributed by atoms with Gasteiger partial charge in [-0.2, -0.15) is 0 Å². The highest BCUT2D eigenvalue weighted by Gasteiger charge is 2.44. The lowest BCUT2D eigenvalue weighted by Gasteiger charge is -2.39. The summed E-state index contributed by atoms with van der Waals surface area (Å²) in [6.07, 6.45) is 6.40. The molecule has 0 saturated carbocycles. The number of likely N-dealkylation sites (N-methyl/N-ethyl adjacent to an activating group) is 1. The fraction of sp³-hybridized carbons (Fsp3) is 0.579. The average Bonchev–Trinajstić information content (AvgIpc) is 3.33. The number of hydrogen-bond donors (Lipinski definition) is 0. The monoisotopic (exact) mass is 358 g/mol. The van der Waals surface area contributed by atoms with Gasteiger partial charge in [0.05, 0.1) is 32.1 Å². The van der Waals surface area contributed by atoms with Gasteiger partial charge in [-0.1, -0.05) is 0 Å². The molecule has 0 bridgehead atoms. The Balaban J connectivity index is 1.34. The van der Waals surface area contributed by atoms with E-state index in [2.05, 4.69) is 26.8 Å². The summed E-state index contributed by atoms with van der Waals surface area (Å²) < 4.78 is 17.0. The third-order valence-corrected chi connectivity index (χ3v) is 5.63.